The number of primary amides is 1. The van der Waals surface area contributed by atoms with E-state index in [0.29, 0.717) is 22.1 Å². The lowest BCUT2D eigenvalue weighted by atomic mass is 10.0. The molecule has 0 spiro atoms. The molecule has 0 unspecified atom stereocenters. The first-order chi connectivity index (χ1) is 20.6. The zero-order chi connectivity index (χ0) is 30.9. The van der Waals surface area contributed by atoms with Gasteiger partial charge in [-0.25, -0.2) is 4.98 Å². The fourth-order valence-electron chi connectivity index (χ4n) is 4.23. The molecule has 9 N–H and O–H groups in total. The minimum atomic E-state index is -1.43. The molecular weight excluding hydrogens is 596 g/mol. The van der Waals surface area contributed by atoms with Crippen molar-refractivity contribution < 1.29 is 34.5 Å². The van der Waals surface area contributed by atoms with Crippen LogP contribution in [0.3, 0.4) is 0 Å². The summed E-state index contributed by atoms with van der Waals surface area (Å²) in [5.41, 5.74) is 7.50. The highest BCUT2D eigenvalue weighted by Crippen LogP contribution is 2.22. The number of aliphatic hydroxyl groups excluding tert-OH is 1. The Morgan fingerprint density at radius 1 is 0.814 bits per heavy atom. The molecule has 3 aromatic rings. The molecule has 0 aliphatic carbocycles. The number of hydrogen-bond acceptors (Lipinski definition) is 11. The van der Waals surface area contributed by atoms with Gasteiger partial charge in [0.1, 0.15) is 35.7 Å². The molecule has 1 aliphatic heterocycles. The normalized spacial score (nSPS) is 21.9. The van der Waals surface area contributed by atoms with Crippen LogP contribution < -0.4 is 27.0 Å². The number of aliphatic hydroxyl groups is 1. The van der Waals surface area contributed by atoms with Gasteiger partial charge in [-0.2, -0.15) is 11.8 Å². The van der Waals surface area contributed by atoms with Gasteiger partial charge in [-0.15, -0.1) is 11.3 Å². The van der Waals surface area contributed by atoms with E-state index >= 15 is 0 Å². The summed E-state index contributed by atoms with van der Waals surface area (Å²) in [6, 6.07) is 7.83. The number of amides is 4. The van der Waals surface area contributed by atoms with Crippen molar-refractivity contribution in [1.29, 1.82) is 0 Å². The summed E-state index contributed by atoms with van der Waals surface area (Å²) in [7, 11) is 0. The molecule has 2 aromatic carbocycles. The van der Waals surface area contributed by atoms with Crippen LogP contribution in [0.25, 0.3) is 0 Å². The topological polar surface area (TPSA) is 216 Å². The maximum atomic E-state index is 13.7. The number of nitrogens with two attached hydrogens (primary N) is 1. The van der Waals surface area contributed by atoms with Gasteiger partial charge in [-0.05, 0) is 35.4 Å². The average Bonchev–Trinajstić information content (AvgIpc) is 3.43. The van der Waals surface area contributed by atoms with E-state index in [-0.39, 0.29) is 30.1 Å². The van der Waals surface area contributed by atoms with Gasteiger partial charge in [-0.1, -0.05) is 24.3 Å². The summed E-state index contributed by atoms with van der Waals surface area (Å²) >= 11 is 2.59. The molecule has 43 heavy (non-hydrogen) atoms. The third kappa shape index (κ3) is 9.07. The van der Waals surface area contributed by atoms with Gasteiger partial charge in [-0.3, -0.25) is 19.2 Å². The SMILES string of the molecule is NC(=O)[C@@H]1CSCc2csc(n2)N[C@@H](Cc2ccc(O)cc2)C(=O)N[C@@H](Cc2ccc(O)cc2)C(=O)N[C@@H](CO)C(=O)N1. The van der Waals surface area contributed by atoms with Crippen LogP contribution in [-0.4, -0.2) is 80.5 Å². The lowest BCUT2D eigenvalue weighted by Gasteiger charge is -2.25. The number of thioether (sulfide) groups is 1. The number of carbonyl (C=O) groups excluding carboxylic acids is 4. The monoisotopic (exact) mass is 628 g/mol. The smallest absolute Gasteiger partial charge is 0.245 e. The van der Waals surface area contributed by atoms with Crippen LogP contribution in [0.1, 0.15) is 16.8 Å². The van der Waals surface area contributed by atoms with Gasteiger partial charge >= 0.3 is 0 Å². The molecule has 1 aromatic heterocycles. The van der Waals surface area contributed by atoms with Gasteiger partial charge in [0.2, 0.25) is 23.6 Å². The van der Waals surface area contributed by atoms with Crippen molar-refractivity contribution in [2.45, 2.75) is 42.8 Å². The number of hydrogen-bond donors (Lipinski definition) is 8. The Bertz CT molecular complexity index is 1430. The maximum absolute atomic E-state index is 13.7. The predicted molar refractivity (Wildman–Crippen MR) is 161 cm³/mol. The van der Waals surface area contributed by atoms with Crippen molar-refractivity contribution in [2.24, 2.45) is 5.73 Å². The van der Waals surface area contributed by atoms with E-state index in [1.54, 1.807) is 29.6 Å². The fourth-order valence-corrected chi connectivity index (χ4v) is 6.06. The number of anilines is 1. The molecule has 2 heterocycles. The van der Waals surface area contributed by atoms with Crippen molar-refractivity contribution in [1.82, 2.24) is 20.9 Å². The van der Waals surface area contributed by atoms with Crippen LogP contribution in [0.4, 0.5) is 5.13 Å². The first-order valence-corrected chi connectivity index (χ1v) is 15.3. The number of nitrogens with zero attached hydrogens (tertiary/aromatic N) is 1. The summed E-state index contributed by atoms with van der Waals surface area (Å²) in [6.07, 6.45) is 0.177. The van der Waals surface area contributed by atoms with E-state index in [9.17, 15) is 34.5 Å². The number of phenols is 2. The Labute approximate surface area is 255 Å². The van der Waals surface area contributed by atoms with Crippen molar-refractivity contribution >= 4 is 51.9 Å². The molecule has 13 nitrogen and oxygen atoms in total. The number of benzene rings is 2. The molecule has 4 atom stereocenters. The molecule has 15 heteroatoms. The molecule has 4 amide bonds. The van der Waals surface area contributed by atoms with Crippen LogP contribution in [0.15, 0.2) is 53.9 Å². The van der Waals surface area contributed by atoms with Crippen molar-refractivity contribution in [3.05, 3.63) is 70.7 Å². The molecule has 0 saturated heterocycles. The highest BCUT2D eigenvalue weighted by atomic mass is 32.2. The zero-order valence-electron chi connectivity index (χ0n) is 22.9. The van der Waals surface area contributed by atoms with E-state index < -0.39 is 54.4 Å². The van der Waals surface area contributed by atoms with Crippen LogP contribution >= 0.6 is 23.1 Å². The maximum Gasteiger partial charge on any atom is 0.245 e. The lowest BCUT2D eigenvalue weighted by molar-refractivity contribution is -0.134. The molecule has 228 valence electrons. The van der Waals surface area contributed by atoms with E-state index in [1.165, 1.54) is 47.4 Å². The molecular formula is C28H32N6O7S2. The molecule has 4 rings (SSSR count). The Balaban J connectivity index is 1.67. The van der Waals surface area contributed by atoms with Crippen LogP contribution in [0, 0.1) is 0 Å². The summed E-state index contributed by atoms with van der Waals surface area (Å²) in [5, 5.41) is 42.4. The molecule has 0 saturated carbocycles. The quantitative estimate of drug-likeness (QED) is 0.183. The second-order valence-corrected chi connectivity index (χ2v) is 11.8. The van der Waals surface area contributed by atoms with E-state index in [1.807, 2.05) is 0 Å². The molecule has 0 radical (unpaired) electrons. The van der Waals surface area contributed by atoms with Gasteiger partial charge in [0.25, 0.3) is 0 Å². The third-order valence-electron chi connectivity index (χ3n) is 6.56. The second-order valence-electron chi connectivity index (χ2n) is 9.87. The fraction of sp³-hybridized carbons (Fsp3) is 0.321. The minimum absolute atomic E-state index is 0.00843. The van der Waals surface area contributed by atoms with E-state index in [0.717, 1.165) is 5.56 Å². The van der Waals surface area contributed by atoms with Crippen LogP contribution in [0.5, 0.6) is 11.5 Å². The third-order valence-corrected chi connectivity index (χ3v) is 8.45. The Kier molecular flexibility index (Phi) is 10.8. The van der Waals surface area contributed by atoms with Crippen LogP contribution in [-0.2, 0) is 37.8 Å². The Morgan fingerprint density at radius 2 is 1.33 bits per heavy atom. The number of nitrogens with one attached hydrogen (secondary N) is 4. The van der Waals surface area contributed by atoms with E-state index in [2.05, 4.69) is 26.3 Å². The first-order valence-electron chi connectivity index (χ1n) is 13.3. The molecule has 1 aliphatic rings. The van der Waals surface area contributed by atoms with E-state index in [4.69, 9.17) is 5.73 Å². The zero-order valence-corrected chi connectivity index (χ0v) is 24.5. The number of aromatic hydroxyl groups is 2. The number of phenolic OH excluding ortho intramolecular Hbond substituents is 2. The predicted octanol–water partition coefficient (Wildman–Crippen LogP) is -0.001000. The number of carbonyl (C=O) groups is 4. The Hall–Kier alpha value is -4.34. The van der Waals surface area contributed by atoms with Gasteiger partial charge in [0, 0.05) is 29.7 Å². The highest BCUT2D eigenvalue weighted by molar-refractivity contribution is 7.98. The average molecular weight is 629 g/mol. The second kappa shape index (κ2) is 14.7. The number of thiazole rings is 1. The van der Waals surface area contributed by atoms with Gasteiger partial charge < -0.3 is 42.3 Å². The van der Waals surface area contributed by atoms with Crippen molar-refractivity contribution in [3.63, 3.8) is 0 Å². The molecule has 2 bridgehead atoms. The largest absolute Gasteiger partial charge is 0.508 e. The summed E-state index contributed by atoms with van der Waals surface area (Å²) in [4.78, 5) is 56.7. The van der Waals surface area contributed by atoms with Gasteiger partial charge in [0.15, 0.2) is 5.13 Å². The number of rotatable bonds is 6. The first kappa shape index (κ1) is 31.6. The highest BCUT2D eigenvalue weighted by Gasteiger charge is 2.31. The Morgan fingerprint density at radius 3 is 1.86 bits per heavy atom. The number of fused-ring (bicyclic) bond motifs is 2. The standard InChI is InChI=1S/C28H32N6O7S2/c29-24(38)23-14-42-12-17-13-43-28(30-17)34-21(10-16-3-7-19(37)8-4-16)26(40)31-20(9-15-1-5-18(36)6-2-15)25(39)32-22(11-35)27(41)33-23/h1-8,13,20-23,35-37H,9-12,14H2,(H2,29,38)(H,30,34)(H,31,40)(H,32,39)(H,33,41)/t20-,21-,22-,23-/m0/s1. The summed E-state index contributed by atoms with van der Waals surface area (Å²) < 4.78 is 0. The molecule has 0 fully saturated rings. The lowest BCUT2D eigenvalue weighted by Crippen LogP contribution is -2.59. The summed E-state index contributed by atoms with van der Waals surface area (Å²) in [6.45, 7) is -0.775. The van der Waals surface area contributed by atoms with Crippen molar-refractivity contribution in [2.75, 3.05) is 17.7 Å². The summed E-state index contributed by atoms with van der Waals surface area (Å²) in [5.74, 6) is -2.29. The van der Waals surface area contributed by atoms with Gasteiger partial charge in [0.05, 0.1) is 12.3 Å². The van der Waals surface area contributed by atoms with Crippen molar-refractivity contribution in [3.8, 4) is 11.5 Å². The minimum Gasteiger partial charge on any atom is -0.508 e. The number of aromatic nitrogens is 1. The van der Waals surface area contributed by atoms with Crippen LogP contribution in [0.2, 0.25) is 0 Å².